The van der Waals surface area contributed by atoms with Crippen molar-refractivity contribution >= 4 is 11.3 Å². The SMILES string of the molecule is CC1=NN2CCOCC2C12C=C(C(F)(F)F)c1ccccc12. The summed E-state index contributed by atoms with van der Waals surface area (Å²) in [7, 11) is 0. The number of alkyl halides is 3. The summed E-state index contributed by atoms with van der Waals surface area (Å²) >= 11 is 0. The molecule has 0 bridgehead atoms. The molecule has 1 aliphatic carbocycles. The van der Waals surface area contributed by atoms with Crippen LogP contribution in [0.3, 0.4) is 0 Å². The van der Waals surface area contributed by atoms with Crippen LogP contribution in [-0.4, -0.2) is 42.7 Å². The standard InChI is InChI=1S/C16H15F3N2O/c1-10-15(14-9-22-7-6-21(14)20-10)8-13(16(17,18)19)11-4-2-3-5-12(11)15/h2-5,8,14H,6-7,9H2,1H3. The fourth-order valence-electron chi connectivity index (χ4n) is 3.87. The van der Waals surface area contributed by atoms with Crippen molar-refractivity contribution in [2.75, 3.05) is 19.8 Å². The Morgan fingerprint density at radius 1 is 1.32 bits per heavy atom. The molecule has 0 aromatic heterocycles. The highest BCUT2D eigenvalue weighted by Crippen LogP contribution is 2.52. The summed E-state index contributed by atoms with van der Waals surface area (Å²) in [5.41, 5.74) is 0.250. The van der Waals surface area contributed by atoms with Gasteiger partial charge in [-0.15, -0.1) is 0 Å². The number of fused-ring (bicyclic) bond motifs is 4. The molecule has 1 aromatic rings. The Hall–Kier alpha value is -1.82. The zero-order valence-corrected chi connectivity index (χ0v) is 12.0. The fourth-order valence-corrected chi connectivity index (χ4v) is 3.87. The van der Waals surface area contributed by atoms with Crippen LogP contribution in [0.5, 0.6) is 0 Å². The second-order valence-electron chi connectivity index (χ2n) is 5.91. The third kappa shape index (κ3) is 1.64. The monoisotopic (exact) mass is 308 g/mol. The lowest BCUT2D eigenvalue weighted by atomic mass is 9.73. The lowest BCUT2D eigenvalue weighted by Gasteiger charge is -2.38. The van der Waals surface area contributed by atoms with Crippen LogP contribution < -0.4 is 0 Å². The number of hydrogen-bond donors (Lipinski definition) is 0. The first kappa shape index (κ1) is 13.8. The quantitative estimate of drug-likeness (QED) is 0.736. The smallest absolute Gasteiger partial charge is 0.377 e. The Balaban J connectivity index is 1.95. The molecule has 1 saturated heterocycles. The molecule has 3 nitrogen and oxygen atoms in total. The van der Waals surface area contributed by atoms with Crippen molar-refractivity contribution in [3.8, 4) is 0 Å². The van der Waals surface area contributed by atoms with Crippen molar-refractivity contribution in [3.63, 3.8) is 0 Å². The Bertz CT molecular complexity index is 695. The van der Waals surface area contributed by atoms with E-state index in [4.69, 9.17) is 4.74 Å². The maximum absolute atomic E-state index is 13.5. The second-order valence-corrected chi connectivity index (χ2v) is 5.91. The molecule has 22 heavy (non-hydrogen) atoms. The van der Waals surface area contributed by atoms with Gasteiger partial charge in [0.1, 0.15) is 0 Å². The number of allylic oxidation sites excluding steroid dienone is 1. The van der Waals surface area contributed by atoms with Gasteiger partial charge in [-0.25, -0.2) is 0 Å². The lowest BCUT2D eigenvalue weighted by molar-refractivity contribution is -0.0689. The third-order valence-corrected chi connectivity index (χ3v) is 4.84. The van der Waals surface area contributed by atoms with E-state index in [-0.39, 0.29) is 11.6 Å². The van der Waals surface area contributed by atoms with Crippen molar-refractivity contribution in [3.05, 3.63) is 41.5 Å². The first-order valence-electron chi connectivity index (χ1n) is 7.24. The molecule has 1 fully saturated rings. The largest absolute Gasteiger partial charge is 0.416 e. The normalized spacial score (nSPS) is 30.2. The van der Waals surface area contributed by atoms with Crippen LogP contribution in [0.2, 0.25) is 0 Å². The molecular weight excluding hydrogens is 293 g/mol. The number of halogens is 3. The van der Waals surface area contributed by atoms with Crippen molar-refractivity contribution in [1.29, 1.82) is 0 Å². The molecule has 2 atom stereocenters. The fraction of sp³-hybridized carbons (Fsp3) is 0.438. The first-order valence-corrected chi connectivity index (χ1v) is 7.24. The summed E-state index contributed by atoms with van der Waals surface area (Å²) in [6.45, 7) is 3.36. The Labute approximate surface area is 126 Å². The second kappa shape index (κ2) is 4.35. The number of hydrogen-bond acceptors (Lipinski definition) is 3. The number of nitrogens with zero attached hydrogens (tertiary/aromatic N) is 2. The molecule has 0 N–H and O–H groups in total. The Kier molecular flexibility index (Phi) is 2.73. The number of morpholine rings is 1. The van der Waals surface area contributed by atoms with Gasteiger partial charge in [0.2, 0.25) is 0 Å². The van der Waals surface area contributed by atoms with Crippen LogP contribution in [0.25, 0.3) is 5.57 Å². The number of ether oxygens (including phenoxy) is 1. The van der Waals surface area contributed by atoms with E-state index in [2.05, 4.69) is 5.10 Å². The molecule has 2 heterocycles. The van der Waals surface area contributed by atoms with E-state index >= 15 is 0 Å². The topological polar surface area (TPSA) is 24.8 Å². The number of rotatable bonds is 0. The van der Waals surface area contributed by atoms with Crippen LogP contribution in [0.15, 0.2) is 35.4 Å². The van der Waals surface area contributed by atoms with Crippen LogP contribution >= 0.6 is 0 Å². The van der Waals surface area contributed by atoms with Crippen LogP contribution in [0.1, 0.15) is 18.1 Å². The summed E-state index contributed by atoms with van der Waals surface area (Å²) in [5.74, 6) is 0. The van der Waals surface area contributed by atoms with E-state index < -0.39 is 17.2 Å². The average molecular weight is 308 g/mol. The van der Waals surface area contributed by atoms with Gasteiger partial charge in [-0.2, -0.15) is 18.3 Å². The molecule has 0 saturated carbocycles. The van der Waals surface area contributed by atoms with E-state index in [1.54, 1.807) is 24.3 Å². The van der Waals surface area contributed by atoms with Gasteiger partial charge in [-0.05, 0) is 18.1 Å². The van der Waals surface area contributed by atoms with Gasteiger partial charge in [-0.3, -0.25) is 5.01 Å². The van der Waals surface area contributed by atoms with Crippen LogP contribution in [0, 0.1) is 0 Å². The highest BCUT2D eigenvalue weighted by molar-refractivity contribution is 6.03. The Morgan fingerprint density at radius 2 is 2.09 bits per heavy atom. The van der Waals surface area contributed by atoms with Crippen LogP contribution in [-0.2, 0) is 10.2 Å². The molecular formula is C16H15F3N2O. The van der Waals surface area contributed by atoms with Crippen LogP contribution in [0.4, 0.5) is 13.2 Å². The highest BCUT2D eigenvalue weighted by Gasteiger charge is 2.56. The molecule has 0 amide bonds. The summed E-state index contributed by atoms with van der Waals surface area (Å²) in [5, 5.41) is 6.40. The maximum atomic E-state index is 13.5. The van der Waals surface area contributed by atoms with Gasteiger partial charge in [0, 0.05) is 0 Å². The van der Waals surface area contributed by atoms with E-state index in [1.165, 1.54) is 6.08 Å². The lowest BCUT2D eigenvalue weighted by Crippen LogP contribution is -2.51. The molecule has 116 valence electrons. The van der Waals surface area contributed by atoms with E-state index in [0.717, 1.165) is 0 Å². The molecule has 2 aliphatic heterocycles. The molecule has 6 heteroatoms. The van der Waals surface area contributed by atoms with Gasteiger partial charge in [0.05, 0.1) is 42.5 Å². The summed E-state index contributed by atoms with van der Waals surface area (Å²) in [6.07, 6.45) is -3.02. The zero-order valence-electron chi connectivity index (χ0n) is 12.0. The minimum Gasteiger partial charge on any atom is -0.377 e. The molecule has 0 radical (unpaired) electrons. The van der Waals surface area contributed by atoms with Gasteiger partial charge in [0.15, 0.2) is 0 Å². The van der Waals surface area contributed by atoms with Gasteiger partial charge < -0.3 is 4.74 Å². The zero-order chi connectivity index (χ0) is 15.5. The average Bonchev–Trinajstić information content (AvgIpc) is 2.98. The minimum absolute atomic E-state index is 0.206. The van der Waals surface area contributed by atoms with Crippen molar-refractivity contribution < 1.29 is 17.9 Å². The van der Waals surface area contributed by atoms with E-state index in [0.29, 0.717) is 31.0 Å². The van der Waals surface area contributed by atoms with Crippen molar-refractivity contribution in [2.24, 2.45) is 5.10 Å². The predicted molar refractivity (Wildman–Crippen MR) is 76.6 cm³/mol. The first-order chi connectivity index (χ1) is 10.4. The highest BCUT2D eigenvalue weighted by atomic mass is 19.4. The number of benzene rings is 1. The summed E-state index contributed by atoms with van der Waals surface area (Å²) < 4.78 is 46.0. The molecule has 1 spiro atoms. The Morgan fingerprint density at radius 3 is 2.86 bits per heavy atom. The van der Waals surface area contributed by atoms with E-state index in [9.17, 15) is 13.2 Å². The van der Waals surface area contributed by atoms with Gasteiger partial charge >= 0.3 is 6.18 Å². The molecule has 3 aliphatic rings. The molecule has 4 rings (SSSR count). The molecule has 1 aromatic carbocycles. The summed E-state index contributed by atoms with van der Waals surface area (Å²) in [6, 6.07) is 6.55. The van der Waals surface area contributed by atoms with Crippen molar-refractivity contribution in [1.82, 2.24) is 5.01 Å². The predicted octanol–water partition coefficient (Wildman–Crippen LogP) is 2.97. The van der Waals surface area contributed by atoms with E-state index in [1.807, 2.05) is 11.9 Å². The maximum Gasteiger partial charge on any atom is 0.416 e. The molecule has 2 unspecified atom stereocenters. The van der Waals surface area contributed by atoms with Gasteiger partial charge in [0.25, 0.3) is 0 Å². The van der Waals surface area contributed by atoms with Crippen molar-refractivity contribution in [2.45, 2.75) is 24.6 Å². The van der Waals surface area contributed by atoms with Gasteiger partial charge in [-0.1, -0.05) is 30.3 Å². The third-order valence-electron chi connectivity index (χ3n) is 4.84. The summed E-state index contributed by atoms with van der Waals surface area (Å²) in [4.78, 5) is 0. The minimum atomic E-state index is -4.37. The number of hydrazone groups is 1.